The van der Waals surface area contributed by atoms with E-state index in [-0.39, 0.29) is 18.0 Å². The maximum absolute atomic E-state index is 12.4. The molecule has 0 atom stereocenters. The lowest BCUT2D eigenvalue weighted by Crippen LogP contribution is -2.46. The van der Waals surface area contributed by atoms with Crippen molar-refractivity contribution in [2.24, 2.45) is 0 Å². The molecule has 6 heteroatoms. The van der Waals surface area contributed by atoms with Crippen molar-refractivity contribution in [3.8, 4) is 0 Å². The van der Waals surface area contributed by atoms with Crippen molar-refractivity contribution in [2.45, 2.75) is 25.8 Å². The highest BCUT2D eigenvalue weighted by Gasteiger charge is 2.25. The van der Waals surface area contributed by atoms with Crippen molar-refractivity contribution < 1.29 is 14.3 Å². The van der Waals surface area contributed by atoms with Crippen molar-refractivity contribution in [3.63, 3.8) is 0 Å². The number of H-pyrrole nitrogens is 1. The molecular formula is C17H21N3O3. The zero-order valence-corrected chi connectivity index (χ0v) is 13.2. The number of piperidine rings is 1. The highest BCUT2D eigenvalue weighted by atomic mass is 16.6. The average molecular weight is 315 g/mol. The number of rotatable bonds is 3. The molecule has 3 rings (SSSR count). The molecule has 0 aliphatic carbocycles. The number of nitrogens with zero attached hydrogens (tertiary/aromatic N) is 1. The largest absolute Gasteiger partial charge is 0.450 e. The van der Waals surface area contributed by atoms with E-state index in [0.717, 1.165) is 23.7 Å². The number of nitrogens with one attached hydrogen (secondary N) is 2. The third-order valence-electron chi connectivity index (χ3n) is 4.13. The second-order valence-corrected chi connectivity index (χ2v) is 5.70. The third kappa shape index (κ3) is 3.47. The molecule has 6 nitrogen and oxygen atoms in total. The first-order valence-electron chi connectivity index (χ1n) is 7.97. The molecule has 122 valence electrons. The Morgan fingerprint density at radius 1 is 1.30 bits per heavy atom. The van der Waals surface area contributed by atoms with E-state index in [2.05, 4.69) is 10.3 Å². The number of likely N-dealkylation sites (tertiary alicyclic amines) is 1. The lowest BCUT2D eigenvalue weighted by Gasteiger charge is -2.31. The van der Waals surface area contributed by atoms with E-state index in [1.807, 2.05) is 30.3 Å². The number of benzene rings is 1. The standard InChI is InChI=1S/C17H21N3O3/c1-2-23-17(22)20-9-7-13(8-10-20)18-16(21)15-11-12-5-3-4-6-14(12)19-15/h3-6,11,13,19H,2,7-10H2,1H3,(H,18,21). The quantitative estimate of drug-likeness (QED) is 0.914. The number of aromatic nitrogens is 1. The fourth-order valence-electron chi connectivity index (χ4n) is 2.88. The predicted molar refractivity (Wildman–Crippen MR) is 87.4 cm³/mol. The summed E-state index contributed by atoms with van der Waals surface area (Å²) in [7, 11) is 0. The summed E-state index contributed by atoms with van der Waals surface area (Å²) in [5, 5.41) is 4.06. The summed E-state index contributed by atoms with van der Waals surface area (Å²) >= 11 is 0. The van der Waals surface area contributed by atoms with Crippen molar-refractivity contribution in [3.05, 3.63) is 36.0 Å². The van der Waals surface area contributed by atoms with Crippen LogP contribution in [0, 0.1) is 0 Å². The monoisotopic (exact) mass is 315 g/mol. The van der Waals surface area contributed by atoms with Crippen LogP contribution in [-0.4, -0.2) is 47.6 Å². The van der Waals surface area contributed by atoms with Gasteiger partial charge < -0.3 is 19.9 Å². The highest BCUT2D eigenvalue weighted by molar-refractivity contribution is 5.98. The summed E-state index contributed by atoms with van der Waals surface area (Å²) in [4.78, 5) is 28.8. The van der Waals surface area contributed by atoms with Crippen molar-refractivity contribution in [1.29, 1.82) is 0 Å². The van der Waals surface area contributed by atoms with Crippen LogP contribution in [0.4, 0.5) is 4.79 Å². The lowest BCUT2D eigenvalue weighted by atomic mass is 10.1. The second kappa shape index (κ2) is 6.73. The van der Waals surface area contributed by atoms with Gasteiger partial charge in [-0.2, -0.15) is 0 Å². The maximum atomic E-state index is 12.4. The Bertz CT molecular complexity index is 669. The minimum absolute atomic E-state index is 0.0830. The number of para-hydroxylation sites is 1. The number of fused-ring (bicyclic) bond motifs is 1. The van der Waals surface area contributed by atoms with Crippen LogP contribution in [0.5, 0.6) is 0 Å². The molecule has 0 spiro atoms. The SMILES string of the molecule is CCOC(=O)N1CCC(NC(=O)c2cc3ccccc3[nH]2)CC1. The molecule has 2 N–H and O–H groups in total. The molecule has 1 aliphatic heterocycles. The minimum Gasteiger partial charge on any atom is -0.450 e. The van der Waals surface area contributed by atoms with Crippen molar-refractivity contribution in [1.82, 2.24) is 15.2 Å². The molecule has 2 amide bonds. The topological polar surface area (TPSA) is 74.4 Å². The smallest absolute Gasteiger partial charge is 0.409 e. The number of hydrogen-bond acceptors (Lipinski definition) is 3. The van der Waals surface area contributed by atoms with Gasteiger partial charge in [-0.1, -0.05) is 18.2 Å². The summed E-state index contributed by atoms with van der Waals surface area (Å²) in [6.07, 6.45) is 1.21. The number of aromatic amines is 1. The summed E-state index contributed by atoms with van der Waals surface area (Å²) < 4.78 is 5.00. The van der Waals surface area contributed by atoms with Gasteiger partial charge in [-0.3, -0.25) is 4.79 Å². The van der Waals surface area contributed by atoms with E-state index in [0.29, 0.717) is 25.4 Å². The Hall–Kier alpha value is -2.50. The van der Waals surface area contributed by atoms with Gasteiger partial charge in [0.2, 0.25) is 0 Å². The number of carbonyl (C=O) groups is 2. The van der Waals surface area contributed by atoms with Crippen LogP contribution in [0.25, 0.3) is 10.9 Å². The fourth-order valence-corrected chi connectivity index (χ4v) is 2.88. The fraction of sp³-hybridized carbons (Fsp3) is 0.412. The van der Waals surface area contributed by atoms with Crippen molar-refractivity contribution in [2.75, 3.05) is 19.7 Å². The first-order valence-corrected chi connectivity index (χ1v) is 7.97. The molecule has 0 radical (unpaired) electrons. The van der Waals surface area contributed by atoms with Crippen LogP contribution in [-0.2, 0) is 4.74 Å². The van der Waals surface area contributed by atoms with Crippen molar-refractivity contribution >= 4 is 22.9 Å². The normalized spacial score (nSPS) is 15.6. The van der Waals surface area contributed by atoms with E-state index in [1.165, 1.54) is 0 Å². The van der Waals surface area contributed by atoms with Crippen LogP contribution in [0.2, 0.25) is 0 Å². The van der Waals surface area contributed by atoms with Gasteiger partial charge in [0.25, 0.3) is 5.91 Å². The first kappa shape index (κ1) is 15.4. The summed E-state index contributed by atoms with van der Waals surface area (Å²) in [6, 6.07) is 9.75. The van der Waals surface area contributed by atoms with Gasteiger partial charge in [0.1, 0.15) is 5.69 Å². The van der Waals surface area contributed by atoms with E-state index < -0.39 is 0 Å². The Labute approximate surface area is 134 Å². The molecule has 1 fully saturated rings. The molecule has 2 aromatic rings. The first-order chi connectivity index (χ1) is 11.2. The number of carbonyl (C=O) groups excluding carboxylic acids is 2. The number of hydrogen-bond donors (Lipinski definition) is 2. The van der Waals surface area contributed by atoms with E-state index in [9.17, 15) is 9.59 Å². The molecule has 1 aromatic heterocycles. The van der Waals surface area contributed by atoms with Gasteiger partial charge in [0.15, 0.2) is 0 Å². The number of ether oxygens (including phenoxy) is 1. The van der Waals surface area contributed by atoms with E-state index in [1.54, 1.807) is 11.8 Å². The Morgan fingerprint density at radius 2 is 2.04 bits per heavy atom. The Kier molecular flexibility index (Phi) is 4.50. The average Bonchev–Trinajstić information content (AvgIpc) is 3.00. The van der Waals surface area contributed by atoms with E-state index in [4.69, 9.17) is 4.74 Å². The zero-order chi connectivity index (χ0) is 16.2. The summed E-state index contributed by atoms with van der Waals surface area (Å²) in [5.41, 5.74) is 1.52. The van der Waals surface area contributed by atoms with Crippen LogP contribution in [0.15, 0.2) is 30.3 Å². The number of amides is 2. The molecule has 1 saturated heterocycles. The molecule has 1 aliphatic rings. The molecular weight excluding hydrogens is 294 g/mol. The molecule has 1 aromatic carbocycles. The third-order valence-corrected chi connectivity index (χ3v) is 4.13. The molecule has 0 unspecified atom stereocenters. The van der Waals surface area contributed by atoms with Crippen LogP contribution in [0.3, 0.4) is 0 Å². The van der Waals surface area contributed by atoms with Crippen LogP contribution < -0.4 is 5.32 Å². The highest BCUT2D eigenvalue weighted by Crippen LogP contribution is 2.16. The molecule has 2 heterocycles. The zero-order valence-electron chi connectivity index (χ0n) is 13.2. The summed E-state index contributed by atoms with van der Waals surface area (Å²) in [6.45, 7) is 3.40. The Morgan fingerprint density at radius 3 is 2.74 bits per heavy atom. The second-order valence-electron chi connectivity index (χ2n) is 5.70. The Balaban J connectivity index is 1.56. The van der Waals surface area contributed by atoms with Gasteiger partial charge in [-0.25, -0.2) is 4.79 Å². The maximum Gasteiger partial charge on any atom is 0.409 e. The minimum atomic E-state index is -0.270. The van der Waals surface area contributed by atoms with Crippen LogP contribution in [0.1, 0.15) is 30.3 Å². The summed E-state index contributed by atoms with van der Waals surface area (Å²) in [5.74, 6) is -0.101. The van der Waals surface area contributed by atoms with Gasteiger partial charge in [-0.05, 0) is 31.9 Å². The molecule has 0 saturated carbocycles. The van der Waals surface area contributed by atoms with Gasteiger partial charge in [0, 0.05) is 30.0 Å². The van der Waals surface area contributed by atoms with E-state index >= 15 is 0 Å². The lowest BCUT2D eigenvalue weighted by molar-refractivity contribution is 0.0857. The van der Waals surface area contributed by atoms with Gasteiger partial charge in [-0.15, -0.1) is 0 Å². The molecule has 0 bridgehead atoms. The molecule has 23 heavy (non-hydrogen) atoms. The van der Waals surface area contributed by atoms with Gasteiger partial charge in [0.05, 0.1) is 6.61 Å². The van der Waals surface area contributed by atoms with Crippen LogP contribution >= 0.6 is 0 Å². The van der Waals surface area contributed by atoms with Gasteiger partial charge >= 0.3 is 6.09 Å². The predicted octanol–water partition coefficient (Wildman–Crippen LogP) is 2.52.